The minimum Gasteiger partial charge on any atom is -0.497 e. The molecule has 0 aromatic heterocycles. The topological polar surface area (TPSA) is 36.9 Å². The summed E-state index contributed by atoms with van der Waals surface area (Å²) in [5.41, 5.74) is 1.49. The summed E-state index contributed by atoms with van der Waals surface area (Å²) in [7, 11) is 1.65. The fourth-order valence-corrected chi connectivity index (χ4v) is 3.94. The van der Waals surface area contributed by atoms with Crippen LogP contribution >= 0.6 is 0 Å². The van der Waals surface area contributed by atoms with Crippen molar-refractivity contribution in [1.29, 1.82) is 0 Å². The van der Waals surface area contributed by atoms with Crippen molar-refractivity contribution in [3.63, 3.8) is 0 Å². The zero-order valence-corrected chi connectivity index (χ0v) is 18.9. The van der Waals surface area contributed by atoms with Crippen molar-refractivity contribution in [2.45, 2.75) is 53.8 Å². The van der Waals surface area contributed by atoms with E-state index >= 15 is 0 Å². The quantitative estimate of drug-likeness (QED) is 0.346. The molecular formula is C25H36O4. The van der Waals surface area contributed by atoms with Crippen LogP contribution in [-0.4, -0.2) is 26.6 Å². The van der Waals surface area contributed by atoms with Crippen molar-refractivity contribution in [2.75, 3.05) is 20.3 Å². The van der Waals surface area contributed by atoms with E-state index in [9.17, 15) is 0 Å². The molecule has 4 nitrogen and oxygen atoms in total. The van der Waals surface area contributed by atoms with Gasteiger partial charge in [0.1, 0.15) is 23.9 Å². The summed E-state index contributed by atoms with van der Waals surface area (Å²) >= 11 is 0. The molecule has 0 fully saturated rings. The SMILES string of the molecule is COc1ccc(OCCOC(C)Oc2cccc(C(C(C)C)C(C)(C)C)c2)cc1. The van der Waals surface area contributed by atoms with E-state index in [1.165, 1.54) is 5.56 Å². The predicted molar refractivity (Wildman–Crippen MR) is 118 cm³/mol. The Morgan fingerprint density at radius 1 is 0.828 bits per heavy atom. The fraction of sp³-hybridized carbons (Fsp3) is 0.520. The van der Waals surface area contributed by atoms with Gasteiger partial charge in [0, 0.05) is 0 Å². The number of methoxy groups -OCH3 is 1. The number of hydrogen-bond acceptors (Lipinski definition) is 4. The third-order valence-electron chi connectivity index (χ3n) is 4.88. The summed E-state index contributed by atoms with van der Waals surface area (Å²) in [5.74, 6) is 3.44. The average molecular weight is 401 g/mol. The number of rotatable bonds is 10. The highest BCUT2D eigenvalue weighted by molar-refractivity contribution is 5.32. The second kappa shape index (κ2) is 10.5. The number of benzene rings is 2. The van der Waals surface area contributed by atoms with E-state index in [0.29, 0.717) is 25.0 Å². The monoisotopic (exact) mass is 400 g/mol. The van der Waals surface area contributed by atoms with Crippen LogP contribution in [0.1, 0.15) is 53.0 Å². The lowest BCUT2D eigenvalue weighted by Crippen LogP contribution is -2.23. The average Bonchev–Trinajstić information content (AvgIpc) is 2.64. The molecule has 0 amide bonds. The molecular weight excluding hydrogens is 364 g/mol. The third-order valence-corrected chi connectivity index (χ3v) is 4.88. The molecule has 2 aromatic carbocycles. The summed E-state index contributed by atoms with van der Waals surface area (Å²) in [6.45, 7) is 14.2. The molecule has 0 aliphatic rings. The molecule has 2 atom stereocenters. The lowest BCUT2D eigenvalue weighted by atomic mass is 9.70. The first kappa shape index (κ1) is 23.1. The molecule has 0 spiro atoms. The Hall–Kier alpha value is -2.20. The van der Waals surface area contributed by atoms with Crippen molar-refractivity contribution in [3.05, 3.63) is 54.1 Å². The highest BCUT2D eigenvalue weighted by Gasteiger charge is 2.29. The first-order valence-corrected chi connectivity index (χ1v) is 10.4. The second-order valence-electron chi connectivity index (χ2n) is 8.74. The van der Waals surface area contributed by atoms with Gasteiger partial charge in [-0.05, 0) is 66.1 Å². The first-order chi connectivity index (χ1) is 13.7. The van der Waals surface area contributed by atoms with E-state index in [4.69, 9.17) is 18.9 Å². The Kier molecular flexibility index (Phi) is 8.39. The van der Waals surface area contributed by atoms with Gasteiger partial charge in [0.05, 0.1) is 13.7 Å². The molecule has 0 N–H and O–H groups in total. The first-order valence-electron chi connectivity index (χ1n) is 10.4. The van der Waals surface area contributed by atoms with Gasteiger partial charge >= 0.3 is 0 Å². The molecule has 0 saturated carbocycles. The summed E-state index contributed by atoms with van der Waals surface area (Å²) in [6.07, 6.45) is -0.350. The number of ether oxygens (including phenoxy) is 4. The molecule has 0 heterocycles. The second-order valence-corrected chi connectivity index (χ2v) is 8.74. The van der Waals surface area contributed by atoms with Gasteiger partial charge in [0.2, 0.25) is 0 Å². The summed E-state index contributed by atoms with van der Waals surface area (Å²) < 4.78 is 22.6. The van der Waals surface area contributed by atoms with Crippen LogP contribution in [0.2, 0.25) is 0 Å². The lowest BCUT2D eigenvalue weighted by molar-refractivity contribution is -0.0739. The van der Waals surface area contributed by atoms with E-state index in [2.05, 4.69) is 52.8 Å². The molecule has 0 saturated heterocycles. The van der Waals surface area contributed by atoms with Gasteiger partial charge in [-0.2, -0.15) is 0 Å². The van der Waals surface area contributed by atoms with E-state index in [1.54, 1.807) is 7.11 Å². The van der Waals surface area contributed by atoms with E-state index in [-0.39, 0.29) is 11.7 Å². The van der Waals surface area contributed by atoms with Gasteiger partial charge < -0.3 is 18.9 Å². The van der Waals surface area contributed by atoms with Crippen molar-refractivity contribution in [2.24, 2.45) is 11.3 Å². The van der Waals surface area contributed by atoms with Crippen LogP contribution in [0, 0.1) is 11.3 Å². The maximum absolute atomic E-state index is 5.99. The van der Waals surface area contributed by atoms with Crippen LogP contribution in [0.25, 0.3) is 0 Å². The molecule has 160 valence electrons. The van der Waals surface area contributed by atoms with Crippen LogP contribution in [0.15, 0.2) is 48.5 Å². The zero-order chi connectivity index (χ0) is 21.4. The highest BCUT2D eigenvalue weighted by atomic mass is 16.7. The Bertz CT molecular complexity index is 731. The third kappa shape index (κ3) is 7.28. The van der Waals surface area contributed by atoms with Gasteiger partial charge in [-0.15, -0.1) is 0 Å². The summed E-state index contributed by atoms with van der Waals surface area (Å²) in [5, 5.41) is 0. The molecule has 2 aromatic rings. The number of hydrogen-bond donors (Lipinski definition) is 0. The van der Waals surface area contributed by atoms with Crippen molar-refractivity contribution < 1.29 is 18.9 Å². The van der Waals surface area contributed by atoms with Gasteiger partial charge in [0.25, 0.3) is 0 Å². The van der Waals surface area contributed by atoms with Crippen molar-refractivity contribution in [3.8, 4) is 17.2 Å². The largest absolute Gasteiger partial charge is 0.497 e. The Labute approximate surface area is 176 Å². The van der Waals surface area contributed by atoms with Gasteiger partial charge in [-0.25, -0.2) is 0 Å². The Balaban J connectivity index is 1.84. The highest BCUT2D eigenvalue weighted by Crippen LogP contribution is 2.41. The summed E-state index contributed by atoms with van der Waals surface area (Å²) in [6, 6.07) is 15.9. The molecule has 4 heteroatoms. The minimum absolute atomic E-state index is 0.188. The van der Waals surface area contributed by atoms with Crippen LogP contribution in [0.5, 0.6) is 17.2 Å². The Morgan fingerprint density at radius 2 is 1.48 bits per heavy atom. The molecule has 2 rings (SSSR count). The van der Waals surface area contributed by atoms with E-state index in [0.717, 1.165) is 17.2 Å². The molecule has 0 aliphatic heterocycles. The predicted octanol–water partition coefficient (Wildman–Crippen LogP) is 6.30. The van der Waals surface area contributed by atoms with Crippen molar-refractivity contribution in [1.82, 2.24) is 0 Å². The maximum Gasteiger partial charge on any atom is 0.197 e. The van der Waals surface area contributed by atoms with Crippen LogP contribution < -0.4 is 14.2 Å². The van der Waals surface area contributed by atoms with Gasteiger partial charge in [-0.3, -0.25) is 0 Å². The minimum atomic E-state index is -0.350. The van der Waals surface area contributed by atoms with Crippen LogP contribution in [0.4, 0.5) is 0 Å². The lowest BCUT2D eigenvalue weighted by Gasteiger charge is -2.34. The molecule has 0 bridgehead atoms. The summed E-state index contributed by atoms with van der Waals surface area (Å²) in [4.78, 5) is 0. The van der Waals surface area contributed by atoms with E-state index in [1.807, 2.05) is 37.3 Å². The maximum atomic E-state index is 5.99. The normalized spacial score (nSPS) is 13.8. The van der Waals surface area contributed by atoms with Gasteiger partial charge in [0.15, 0.2) is 6.29 Å². The fourth-order valence-electron chi connectivity index (χ4n) is 3.94. The molecule has 29 heavy (non-hydrogen) atoms. The zero-order valence-electron chi connectivity index (χ0n) is 18.9. The van der Waals surface area contributed by atoms with Crippen LogP contribution in [0.3, 0.4) is 0 Å². The van der Waals surface area contributed by atoms with E-state index < -0.39 is 0 Å². The van der Waals surface area contributed by atoms with Crippen LogP contribution in [-0.2, 0) is 4.74 Å². The van der Waals surface area contributed by atoms with Gasteiger partial charge in [-0.1, -0.05) is 46.8 Å². The van der Waals surface area contributed by atoms with Crippen molar-refractivity contribution >= 4 is 0 Å². The smallest absolute Gasteiger partial charge is 0.197 e. The molecule has 0 radical (unpaired) electrons. The Morgan fingerprint density at radius 3 is 2.07 bits per heavy atom. The standard InChI is InChI=1S/C25H36O4/c1-18(2)24(25(4,5)6)20-9-8-10-23(17-20)29-19(3)27-15-16-28-22-13-11-21(26-7)12-14-22/h8-14,17-19,24H,15-16H2,1-7H3. The molecule has 0 aliphatic carbocycles. The molecule has 2 unspecified atom stereocenters.